The Morgan fingerprint density at radius 3 is 2.22 bits per heavy atom. The average Bonchev–Trinajstić information content (AvgIpc) is 2.66. The van der Waals surface area contributed by atoms with Gasteiger partial charge in [-0.1, -0.05) is 13.8 Å². The molecule has 1 saturated heterocycles. The predicted octanol–water partition coefficient (Wildman–Crippen LogP) is 3.50. The van der Waals surface area contributed by atoms with E-state index in [1.165, 1.54) is 0 Å². The molecule has 1 aromatic rings. The SMILES string of the molecule is CN=C(NCCC(C)C)NC1CCN(c2cc(OC)cc(OC)c2)CC1.I. The maximum atomic E-state index is 5.39. The number of ether oxygens (including phenoxy) is 2. The molecule has 0 aromatic heterocycles. The number of methoxy groups -OCH3 is 2. The van der Waals surface area contributed by atoms with Crippen molar-refractivity contribution < 1.29 is 9.47 Å². The minimum atomic E-state index is 0. The number of rotatable bonds is 7. The van der Waals surface area contributed by atoms with Gasteiger partial charge in [0, 0.05) is 56.6 Å². The highest BCUT2D eigenvalue weighted by Crippen LogP contribution is 2.30. The highest BCUT2D eigenvalue weighted by molar-refractivity contribution is 14.0. The Morgan fingerprint density at radius 1 is 1.15 bits per heavy atom. The third-order valence-electron chi connectivity index (χ3n) is 4.77. The van der Waals surface area contributed by atoms with Crippen molar-refractivity contribution >= 4 is 35.6 Å². The number of halogens is 1. The van der Waals surface area contributed by atoms with Gasteiger partial charge in [-0.2, -0.15) is 0 Å². The zero-order valence-corrected chi connectivity index (χ0v) is 19.6. The molecular weight excluding hydrogens is 455 g/mol. The van der Waals surface area contributed by atoms with Crippen molar-refractivity contribution in [2.24, 2.45) is 10.9 Å². The number of aliphatic imine (C=N–C) groups is 1. The van der Waals surface area contributed by atoms with Crippen molar-refractivity contribution in [1.29, 1.82) is 0 Å². The molecule has 6 nitrogen and oxygen atoms in total. The summed E-state index contributed by atoms with van der Waals surface area (Å²) in [5.74, 6) is 3.26. The van der Waals surface area contributed by atoms with Crippen LogP contribution < -0.4 is 25.0 Å². The molecule has 0 bridgehead atoms. The molecule has 0 spiro atoms. The Hall–Kier alpha value is -1.38. The fourth-order valence-corrected chi connectivity index (χ4v) is 3.12. The topological polar surface area (TPSA) is 58.1 Å². The first-order valence-corrected chi connectivity index (χ1v) is 9.51. The number of benzene rings is 1. The van der Waals surface area contributed by atoms with Gasteiger partial charge >= 0.3 is 0 Å². The Kier molecular flexibility index (Phi) is 10.6. The number of hydrogen-bond acceptors (Lipinski definition) is 4. The number of nitrogens with one attached hydrogen (secondary N) is 2. The lowest BCUT2D eigenvalue weighted by Gasteiger charge is -2.34. The zero-order valence-electron chi connectivity index (χ0n) is 17.2. The summed E-state index contributed by atoms with van der Waals surface area (Å²) < 4.78 is 10.8. The molecule has 0 saturated carbocycles. The quantitative estimate of drug-likeness (QED) is 0.348. The second-order valence-corrected chi connectivity index (χ2v) is 7.16. The summed E-state index contributed by atoms with van der Waals surface area (Å²) in [5.41, 5.74) is 1.15. The second-order valence-electron chi connectivity index (χ2n) is 7.16. The molecule has 1 aliphatic rings. The van der Waals surface area contributed by atoms with Crippen molar-refractivity contribution in [2.45, 2.75) is 39.2 Å². The largest absolute Gasteiger partial charge is 0.497 e. The van der Waals surface area contributed by atoms with Gasteiger partial charge in [-0.3, -0.25) is 4.99 Å². The first kappa shape index (κ1) is 23.7. The van der Waals surface area contributed by atoms with Crippen LogP contribution in [0.5, 0.6) is 11.5 Å². The van der Waals surface area contributed by atoms with Crippen LogP contribution in [0, 0.1) is 5.92 Å². The molecule has 1 aromatic carbocycles. The molecule has 1 heterocycles. The van der Waals surface area contributed by atoms with Crippen LogP contribution in [0.2, 0.25) is 0 Å². The fourth-order valence-electron chi connectivity index (χ4n) is 3.12. The molecule has 2 rings (SSSR count). The van der Waals surface area contributed by atoms with Crippen molar-refractivity contribution in [3.63, 3.8) is 0 Å². The molecule has 0 radical (unpaired) electrons. The van der Waals surface area contributed by atoms with Gasteiger partial charge in [0.1, 0.15) is 11.5 Å². The Bertz CT molecular complexity index is 565. The van der Waals surface area contributed by atoms with Gasteiger partial charge in [0.2, 0.25) is 0 Å². The minimum absolute atomic E-state index is 0. The molecule has 0 unspecified atom stereocenters. The maximum absolute atomic E-state index is 5.39. The molecule has 1 fully saturated rings. The number of guanidine groups is 1. The van der Waals surface area contributed by atoms with Gasteiger partial charge in [0.15, 0.2) is 5.96 Å². The van der Waals surface area contributed by atoms with E-state index in [0.717, 1.165) is 62.0 Å². The van der Waals surface area contributed by atoms with Crippen LogP contribution in [0.3, 0.4) is 0 Å². The van der Waals surface area contributed by atoms with Crippen molar-refractivity contribution in [3.8, 4) is 11.5 Å². The molecule has 7 heteroatoms. The summed E-state index contributed by atoms with van der Waals surface area (Å²) in [6.45, 7) is 7.43. The van der Waals surface area contributed by atoms with E-state index in [0.29, 0.717) is 12.0 Å². The highest BCUT2D eigenvalue weighted by atomic mass is 127. The fraction of sp³-hybridized carbons (Fsp3) is 0.650. The van der Waals surface area contributed by atoms with E-state index in [1.54, 1.807) is 14.2 Å². The Labute approximate surface area is 181 Å². The van der Waals surface area contributed by atoms with Crippen LogP contribution in [0.1, 0.15) is 33.1 Å². The van der Waals surface area contributed by atoms with E-state index in [-0.39, 0.29) is 24.0 Å². The predicted molar refractivity (Wildman–Crippen MR) is 124 cm³/mol. The Balaban J connectivity index is 0.00000364. The first-order chi connectivity index (χ1) is 12.5. The second kappa shape index (κ2) is 12.2. The lowest BCUT2D eigenvalue weighted by Crippen LogP contribution is -2.49. The van der Waals surface area contributed by atoms with Crippen LogP contribution in [0.15, 0.2) is 23.2 Å². The molecule has 1 aliphatic heterocycles. The van der Waals surface area contributed by atoms with E-state index in [4.69, 9.17) is 9.47 Å². The van der Waals surface area contributed by atoms with Crippen LogP contribution in [0.4, 0.5) is 5.69 Å². The van der Waals surface area contributed by atoms with Gasteiger partial charge in [-0.05, 0) is 25.2 Å². The molecule has 2 N–H and O–H groups in total. The van der Waals surface area contributed by atoms with Crippen LogP contribution in [-0.4, -0.2) is 52.9 Å². The lowest BCUT2D eigenvalue weighted by atomic mass is 10.0. The van der Waals surface area contributed by atoms with Gasteiger partial charge in [-0.15, -0.1) is 24.0 Å². The van der Waals surface area contributed by atoms with Gasteiger partial charge in [-0.25, -0.2) is 0 Å². The average molecular weight is 490 g/mol. The molecule has 154 valence electrons. The van der Waals surface area contributed by atoms with Crippen molar-refractivity contribution in [2.75, 3.05) is 45.8 Å². The summed E-state index contributed by atoms with van der Waals surface area (Å²) >= 11 is 0. The molecule has 0 atom stereocenters. The third-order valence-corrected chi connectivity index (χ3v) is 4.77. The normalized spacial score (nSPS) is 15.3. The molecule has 0 amide bonds. The van der Waals surface area contributed by atoms with Crippen LogP contribution in [0.25, 0.3) is 0 Å². The number of piperidine rings is 1. The third kappa shape index (κ3) is 7.63. The Morgan fingerprint density at radius 2 is 1.74 bits per heavy atom. The van der Waals surface area contributed by atoms with E-state index >= 15 is 0 Å². The number of nitrogens with zero attached hydrogens (tertiary/aromatic N) is 2. The molecule has 0 aliphatic carbocycles. The summed E-state index contributed by atoms with van der Waals surface area (Å²) in [6.07, 6.45) is 3.30. The van der Waals surface area contributed by atoms with Gasteiger partial charge in [0.25, 0.3) is 0 Å². The highest BCUT2D eigenvalue weighted by Gasteiger charge is 2.21. The number of anilines is 1. The van der Waals surface area contributed by atoms with Gasteiger partial charge in [0.05, 0.1) is 14.2 Å². The summed E-state index contributed by atoms with van der Waals surface area (Å²) in [4.78, 5) is 6.74. The maximum Gasteiger partial charge on any atom is 0.191 e. The first-order valence-electron chi connectivity index (χ1n) is 9.51. The van der Waals surface area contributed by atoms with Gasteiger partial charge < -0.3 is 25.0 Å². The minimum Gasteiger partial charge on any atom is -0.497 e. The molecular formula is C20H35IN4O2. The lowest BCUT2D eigenvalue weighted by molar-refractivity contribution is 0.393. The van der Waals surface area contributed by atoms with E-state index in [1.807, 2.05) is 13.1 Å². The van der Waals surface area contributed by atoms with E-state index in [2.05, 4.69) is 46.5 Å². The monoisotopic (exact) mass is 490 g/mol. The van der Waals surface area contributed by atoms with E-state index in [9.17, 15) is 0 Å². The summed E-state index contributed by atoms with van der Waals surface area (Å²) in [7, 11) is 5.21. The van der Waals surface area contributed by atoms with Crippen LogP contribution in [-0.2, 0) is 0 Å². The van der Waals surface area contributed by atoms with Crippen molar-refractivity contribution in [1.82, 2.24) is 10.6 Å². The smallest absolute Gasteiger partial charge is 0.191 e. The van der Waals surface area contributed by atoms with Crippen LogP contribution >= 0.6 is 24.0 Å². The summed E-state index contributed by atoms with van der Waals surface area (Å²) in [6, 6.07) is 6.50. The van der Waals surface area contributed by atoms with E-state index < -0.39 is 0 Å². The zero-order chi connectivity index (χ0) is 18.9. The van der Waals surface area contributed by atoms with Crippen molar-refractivity contribution in [3.05, 3.63) is 18.2 Å². The summed E-state index contributed by atoms with van der Waals surface area (Å²) in [5, 5.41) is 6.97. The molecule has 27 heavy (non-hydrogen) atoms. The standard InChI is InChI=1S/C20H34N4O2.HI/c1-15(2)6-9-22-20(21-3)23-16-7-10-24(11-8-16)17-12-18(25-4)14-19(13-17)26-5;/h12-16H,6-11H2,1-5H3,(H2,21,22,23);1H. The number of hydrogen-bond donors (Lipinski definition) is 2.